The Hall–Kier alpha value is -7.63. The summed E-state index contributed by atoms with van der Waals surface area (Å²) >= 11 is 0. The molecule has 3 aromatic heterocycles. The molecule has 11 aromatic rings. The number of benzene rings is 8. The lowest BCUT2D eigenvalue weighted by Gasteiger charge is -2.15. The van der Waals surface area contributed by atoms with Crippen LogP contribution in [0.15, 0.2) is 200 Å². The topological polar surface area (TPSA) is 48.5 Å². The Kier molecular flexibility index (Phi) is 4.45. The number of hydrogen-bond acceptors (Lipinski definition) is 3. The highest BCUT2D eigenvalue weighted by molar-refractivity contribution is 6.11. The van der Waals surface area contributed by atoms with Gasteiger partial charge in [-0.2, -0.15) is 9.97 Å². The summed E-state index contributed by atoms with van der Waals surface area (Å²) in [6, 6.07) is 18.4. The summed E-state index contributed by atoms with van der Waals surface area (Å²) in [5.41, 5.74) is 1.96. The van der Waals surface area contributed by atoms with Gasteiger partial charge in [0.25, 0.3) is 0 Å². The largest absolute Gasteiger partial charge is 0.309 e. The molecule has 262 valence electrons. The first-order valence-corrected chi connectivity index (χ1v) is 17.5. The van der Waals surface area contributed by atoms with Crippen molar-refractivity contribution in [2.45, 2.75) is 0 Å². The molecule has 0 bridgehead atoms. The van der Waals surface area contributed by atoms with Gasteiger partial charge in [0.1, 0.15) is 0 Å². The first kappa shape index (κ1) is 19.1. The molecular formula is C51H33N5. The van der Waals surface area contributed by atoms with Crippen molar-refractivity contribution in [2.75, 3.05) is 0 Å². The zero-order valence-corrected chi connectivity index (χ0v) is 29.0. The summed E-state index contributed by atoms with van der Waals surface area (Å²) in [5.74, 6) is -1.19. The molecule has 0 saturated carbocycles. The van der Waals surface area contributed by atoms with Gasteiger partial charge < -0.3 is 4.57 Å². The third kappa shape index (κ3) is 5.21. The molecule has 0 unspecified atom stereocenters. The van der Waals surface area contributed by atoms with E-state index in [0.29, 0.717) is 11.3 Å². The van der Waals surface area contributed by atoms with Crippen LogP contribution in [0.5, 0.6) is 0 Å². The summed E-state index contributed by atoms with van der Waals surface area (Å²) < 4.78 is 153. The van der Waals surface area contributed by atoms with Gasteiger partial charge in [0, 0.05) is 32.7 Å². The van der Waals surface area contributed by atoms with E-state index in [-0.39, 0.29) is 27.6 Å². The molecule has 56 heavy (non-hydrogen) atoms. The highest BCUT2D eigenvalue weighted by atomic mass is 15.2. The van der Waals surface area contributed by atoms with Gasteiger partial charge in [-0.15, -0.1) is 0 Å². The number of hydrogen-bond donors (Lipinski definition) is 0. The predicted octanol–water partition coefficient (Wildman–Crippen LogP) is 12.7. The third-order valence-electron chi connectivity index (χ3n) is 9.62. The summed E-state index contributed by atoms with van der Waals surface area (Å²) in [7, 11) is 0. The molecule has 5 heteroatoms. The van der Waals surface area contributed by atoms with Crippen LogP contribution in [0.4, 0.5) is 0 Å². The minimum absolute atomic E-state index is 0.175. The van der Waals surface area contributed by atoms with Crippen molar-refractivity contribution in [3.8, 4) is 56.7 Å². The summed E-state index contributed by atoms with van der Waals surface area (Å²) in [6.07, 6.45) is 0. The molecule has 0 aliphatic carbocycles. The first-order chi connectivity index (χ1) is 34.8. The lowest BCUT2D eigenvalue weighted by atomic mass is 10.0. The first-order valence-electron chi connectivity index (χ1n) is 26.0. The Morgan fingerprint density at radius 2 is 0.964 bits per heavy atom. The molecule has 0 saturated heterocycles. The second kappa shape index (κ2) is 13.0. The molecule has 0 amide bonds. The Labute approximate surface area is 347 Å². The molecule has 0 fully saturated rings. The van der Waals surface area contributed by atoms with Gasteiger partial charge in [-0.3, -0.25) is 4.57 Å². The molecular weight excluding hydrogens is 683 g/mol. The van der Waals surface area contributed by atoms with Crippen LogP contribution in [0.3, 0.4) is 0 Å². The van der Waals surface area contributed by atoms with E-state index in [1.807, 2.05) is 77.4 Å². The van der Waals surface area contributed by atoms with Gasteiger partial charge in [0.05, 0.1) is 51.1 Å². The van der Waals surface area contributed by atoms with Crippen molar-refractivity contribution in [1.82, 2.24) is 24.1 Å². The van der Waals surface area contributed by atoms with E-state index in [2.05, 4.69) is 6.07 Å². The average molecular weight is 733 g/mol. The van der Waals surface area contributed by atoms with E-state index in [4.69, 9.17) is 30.0 Å². The Morgan fingerprint density at radius 1 is 0.357 bits per heavy atom. The molecule has 3 heterocycles. The monoisotopic (exact) mass is 732 g/mol. The predicted molar refractivity (Wildman–Crippen MR) is 230 cm³/mol. The van der Waals surface area contributed by atoms with Crippen LogP contribution in [0.1, 0.15) is 23.3 Å². The number of aromatic nitrogens is 5. The Bertz CT molecular complexity index is 4110. The fourth-order valence-electron chi connectivity index (χ4n) is 7.14. The molecule has 0 radical (unpaired) electrons. The summed E-state index contributed by atoms with van der Waals surface area (Å²) in [4.78, 5) is 14.4. The van der Waals surface area contributed by atoms with Crippen molar-refractivity contribution in [1.29, 1.82) is 0 Å². The van der Waals surface area contributed by atoms with Gasteiger partial charge in [-0.1, -0.05) is 157 Å². The lowest BCUT2D eigenvalue weighted by Crippen LogP contribution is -2.07. The number of nitrogens with zero attached hydrogens (tertiary/aromatic N) is 5. The van der Waals surface area contributed by atoms with E-state index >= 15 is 0 Å². The fraction of sp³-hybridized carbons (Fsp3) is 0. The molecule has 0 N–H and O–H groups in total. The van der Waals surface area contributed by atoms with Crippen LogP contribution in [-0.4, -0.2) is 24.1 Å². The van der Waals surface area contributed by atoms with E-state index in [1.165, 1.54) is 0 Å². The molecule has 0 spiro atoms. The SMILES string of the molecule is [2H]c1c([2H])c([2H])c(-c2c([2H])c([2H])c(-c3nc(-c4ccccc4-n4c5ccccc5c5cc(-c6ccccc6)ccc54)nc(-n4c5c([2H])c([2H])c([2H])c([2H])c5c5c([2H])c([2H])c([2H])c([2H])c54)n3)c([2H])c2[2H])c([2H])c1[2H]. The van der Waals surface area contributed by atoms with Gasteiger partial charge >= 0.3 is 0 Å². The maximum Gasteiger partial charge on any atom is 0.238 e. The van der Waals surface area contributed by atoms with E-state index < -0.39 is 131 Å². The van der Waals surface area contributed by atoms with Crippen molar-refractivity contribution < 1.29 is 23.3 Å². The lowest BCUT2D eigenvalue weighted by molar-refractivity contribution is 0.951. The second-order valence-electron chi connectivity index (χ2n) is 12.8. The van der Waals surface area contributed by atoms with E-state index in [9.17, 15) is 8.22 Å². The highest BCUT2D eigenvalue weighted by Gasteiger charge is 2.21. The van der Waals surface area contributed by atoms with Crippen LogP contribution in [0.25, 0.3) is 100 Å². The third-order valence-corrected chi connectivity index (χ3v) is 9.62. The van der Waals surface area contributed by atoms with Crippen molar-refractivity contribution in [3.63, 3.8) is 0 Å². The number of rotatable bonds is 6. The van der Waals surface area contributed by atoms with Crippen LogP contribution >= 0.6 is 0 Å². The number of para-hydroxylation sites is 4. The molecule has 11 rings (SSSR count). The molecule has 0 aliphatic heterocycles. The number of fused-ring (bicyclic) bond motifs is 6. The molecule has 8 aromatic carbocycles. The van der Waals surface area contributed by atoms with Crippen LogP contribution < -0.4 is 0 Å². The van der Waals surface area contributed by atoms with Crippen molar-refractivity contribution >= 4 is 43.6 Å². The average Bonchev–Trinajstić information content (AvgIpc) is 3.94. The summed E-state index contributed by atoms with van der Waals surface area (Å²) in [6.45, 7) is 0. The van der Waals surface area contributed by atoms with Crippen LogP contribution in [0.2, 0.25) is 0 Å². The minimum Gasteiger partial charge on any atom is -0.309 e. The standard InChI is InChI=1S/C51H33N5/c1-3-15-34(16-4-1)36-27-29-37(30-28-36)49-52-50(54-51(53-49)56-45-24-12-7-19-39(45)40-20-8-13-25-46(40)56)42-22-10-14-26-47(42)55-44-23-11-9-21-41(44)43-33-38(31-32-48(43)55)35-17-5-2-6-18-35/h1-33H/i1D,3D,4D,7D,8D,12D,13D,15D,16D,19D,20D,24D,25D,27D,28D,29D,30D. The molecule has 0 aliphatic rings. The maximum absolute atomic E-state index is 9.42. The van der Waals surface area contributed by atoms with Gasteiger partial charge in [-0.25, -0.2) is 4.98 Å². The minimum atomic E-state index is -0.807. The Balaban J connectivity index is 1.27. The van der Waals surface area contributed by atoms with Crippen LogP contribution in [-0.2, 0) is 0 Å². The summed E-state index contributed by atoms with van der Waals surface area (Å²) in [5, 5.41) is 1.26. The fourth-order valence-corrected chi connectivity index (χ4v) is 7.14. The van der Waals surface area contributed by atoms with Crippen molar-refractivity contribution in [2.24, 2.45) is 0 Å². The van der Waals surface area contributed by atoms with E-state index in [0.717, 1.165) is 37.5 Å². The highest BCUT2D eigenvalue weighted by Crippen LogP contribution is 2.38. The smallest absolute Gasteiger partial charge is 0.238 e. The van der Waals surface area contributed by atoms with Gasteiger partial charge in [-0.05, 0) is 64.7 Å². The zero-order valence-electron chi connectivity index (χ0n) is 46.0. The van der Waals surface area contributed by atoms with Crippen LogP contribution in [0, 0.1) is 0 Å². The normalized spacial score (nSPS) is 15.8. The molecule has 5 nitrogen and oxygen atoms in total. The zero-order chi connectivity index (χ0) is 51.8. The van der Waals surface area contributed by atoms with E-state index in [1.54, 1.807) is 18.2 Å². The molecule has 0 atom stereocenters. The quantitative estimate of drug-likeness (QED) is 0.171. The second-order valence-corrected chi connectivity index (χ2v) is 12.8. The Morgan fingerprint density at radius 3 is 1.75 bits per heavy atom. The maximum atomic E-state index is 9.42. The van der Waals surface area contributed by atoms with Gasteiger partial charge in [0.15, 0.2) is 11.6 Å². The van der Waals surface area contributed by atoms with Crippen molar-refractivity contribution in [3.05, 3.63) is 200 Å². The van der Waals surface area contributed by atoms with Gasteiger partial charge in [0.2, 0.25) is 5.95 Å².